The maximum Gasteiger partial charge on any atom is 0.390 e. The van der Waals surface area contributed by atoms with Crippen LogP contribution in [-0.2, 0) is 16.6 Å². The predicted octanol–water partition coefficient (Wildman–Crippen LogP) is 2.43. The highest BCUT2D eigenvalue weighted by molar-refractivity contribution is 7.89. The van der Waals surface area contributed by atoms with Gasteiger partial charge in [-0.1, -0.05) is 6.92 Å². The summed E-state index contributed by atoms with van der Waals surface area (Å²) in [5.74, 6) is 0. The summed E-state index contributed by atoms with van der Waals surface area (Å²) >= 11 is 1.27. The zero-order valence-electron chi connectivity index (χ0n) is 11.2. The van der Waals surface area contributed by atoms with Crippen molar-refractivity contribution in [2.24, 2.45) is 0 Å². The lowest BCUT2D eigenvalue weighted by Gasteiger charge is -2.17. The molecule has 0 fully saturated rings. The van der Waals surface area contributed by atoms with Gasteiger partial charge < -0.3 is 5.32 Å². The summed E-state index contributed by atoms with van der Waals surface area (Å²) in [7, 11) is -2.69. The second-order valence-electron chi connectivity index (χ2n) is 4.22. The summed E-state index contributed by atoms with van der Waals surface area (Å²) in [6.07, 6.45) is -5.52. The van der Waals surface area contributed by atoms with Gasteiger partial charge in [-0.05, 0) is 12.6 Å². The zero-order valence-corrected chi connectivity index (χ0v) is 12.8. The molecular formula is C11H17F3N2O2S2. The van der Waals surface area contributed by atoms with Crippen LogP contribution in [0.2, 0.25) is 0 Å². The number of thiophene rings is 1. The molecule has 0 bridgehead atoms. The average molecular weight is 330 g/mol. The highest BCUT2D eigenvalue weighted by Gasteiger charge is 2.30. The van der Waals surface area contributed by atoms with Crippen LogP contribution >= 0.6 is 11.3 Å². The van der Waals surface area contributed by atoms with Crippen molar-refractivity contribution in [3.8, 4) is 0 Å². The molecule has 0 unspecified atom stereocenters. The van der Waals surface area contributed by atoms with Crippen molar-refractivity contribution in [3.05, 3.63) is 16.3 Å². The first-order valence-electron chi connectivity index (χ1n) is 5.98. The third-order valence-corrected chi connectivity index (χ3v) is 5.52. The van der Waals surface area contributed by atoms with Crippen molar-refractivity contribution in [3.63, 3.8) is 0 Å². The van der Waals surface area contributed by atoms with Crippen molar-refractivity contribution < 1.29 is 21.6 Å². The monoisotopic (exact) mass is 330 g/mol. The van der Waals surface area contributed by atoms with E-state index in [-0.39, 0.29) is 4.90 Å². The number of halogens is 3. The Balaban J connectivity index is 2.74. The molecule has 0 spiro atoms. The molecule has 1 N–H and O–H groups in total. The number of nitrogens with zero attached hydrogens (tertiary/aromatic N) is 1. The van der Waals surface area contributed by atoms with Gasteiger partial charge in [0.2, 0.25) is 10.0 Å². The smallest absolute Gasteiger partial charge is 0.312 e. The summed E-state index contributed by atoms with van der Waals surface area (Å²) in [6, 6.07) is 1.49. The minimum Gasteiger partial charge on any atom is -0.312 e. The normalized spacial score (nSPS) is 13.1. The van der Waals surface area contributed by atoms with E-state index in [2.05, 4.69) is 5.32 Å². The Kier molecular flexibility index (Phi) is 5.99. The number of hydrogen-bond donors (Lipinski definition) is 1. The van der Waals surface area contributed by atoms with Crippen molar-refractivity contribution in [1.29, 1.82) is 0 Å². The fourth-order valence-corrected chi connectivity index (χ4v) is 3.83. The van der Waals surface area contributed by atoms with Crippen molar-refractivity contribution in [2.75, 3.05) is 20.1 Å². The fourth-order valence-electron chi connectivity index (χ4n) is 1.42. The molecule has 1 aromatic heterocycles. The minimum atomic E-state index is -4.37. The molecule has 0 aliphatic carbocycles. The van der Waals surface area contributed by atoms with E-state index in [9.17, 15) is 21.6 Å². The van der Waals surface area contributed by atoms with Crippen molar-refractivity contribution in [1.82, 2.24) is 9.62 Å². The number of rotatable bonds is 7. The summed E-state index contributed by atoms with van der Waals surface area (Å²) in [5.41, 5.74) is 0. The lowest BCUT2D eigenvalue weighted by atomic mass is 10.4. The Morgan fingerprint density at radius 1 is 1.40 bits per heavy atom. The molecule has 4 nitrogen and oxygen atoms in total. The second-order valence-corrected chi connectivity index (χ2v) is 7.26. The van der Waals surface area contributed by atoms with Gasteiger partial charge in [0.15, 0.2) is 0 Å². The quantitative estimate of drug-likeness (QED) is 0.835. The van der Waals surface area contributed by atoms with Crippen molar-refractivity contribution in [2.45, 2.75) is 31.0 Å². The summed E-state index contributed by atoms with van der Waals surface area (Å²) < 4.78 is 61.3. The lowest BCUT2D eigenvalue weighted by molar-refractivity contribution is -0.135. The molecule has 0 aliphatic heterocycles. The third kappa shape index (κ3) is 5.04. The molecule has 1 aromatic rings. The summed E-state index contributed by atoms with van der Waals surface area (Å²) in [5, 5.41) is 4.51. The standard InChI is InChI=1S/C11H17F3N2O2S2/c1-3-15-7-9-6-10(8-19-9)20(17,18)16(2)5-4-11(12,13)14/h6,8,15H,3-5,7H2,1-2H3. The Morgan fingerprint density at radius 3 is 2.60 bits per heavy atom. The minimum absolute atomic E-state index is 0.0417. The van der Waals surface area contributed by atoms with E-state index in [1.165, 1.54) is 22.8 Å². The molecule has 0 radical (unpaired) electrons. The summed E-state index contributed by atoms with van der Waals surface area (Å²) in [4.78, 5) is 0.870. The van der Waals surface area contributed by atoms with E-state index in [0.29, 0.717) is 6.54 Å². The molecule has 0 aromatic carbocycles. The number of hydrogen-bond acceptors (Lipinski definition) is 4. The molecule has 0 aliphatic rings. The first-order chi connectivity index (χ1) is 9.16. The second kappa shape index (κ2) is 6.88. The topological polar surface area (TPSA) is 49.4 Å². The number of alkyl halides is 3. The molecule has 0 saturated heterocycles. The van der Waals surface area contributed by atoms with E-state index in [1.54, 1.807) is 0 Å². The van der Waals surface area contributed by atoms with Crippen LogP contribution in [0.3, 0.4) is 0 Å². The molecular weight excluding hydrogens is 313 g/mol. The van der Waals surface area contributed by atoms with Gasteiger partial charge >= 0.3 is 6.18 Å². The molecule has 0 saturated carbocycles. The zero-order chi connectivity index (χ0) is 15.4. The predicted molar refractivity (Wildman–Crippen MR) is 72.2 cm³/mol. The number of sulfonamides is 1. The highest BCUT2D eigenvalue weighted by atomic mass is 32.2. The molecule has 0 amide bonds. The Bertz CT molecular complexity index is 526. The molecule has 1 heterocycles. The van der Waals surface area contributed by atoms with Gasteiger partial charge in [-0.3, -0.25) is 0 Å². The van der Waals surface area contributed by atoms with Gasteiger partial charge in [0.05, 0.1) is 11.3 Å². The Labute approximate surface area is 120 Å². The first kappa shape index (κ1) is 17.4. The molecule has 9 heteroatoms. The molecule has 1 rings (SSSR count). The fraction of sp³-hybridized carbons (Fsp3) is 0.636. The maximum absolute atomic E-state index is 12.1. The van der Waals surface area contributed by atoms with Crippen LogP contribution < -0.4 is 5.32 Å². The van der Waals surface area contributed by atoms with E-state index in [1.807, 2.05) is 6.92 Å². The summed E-state index contributed by atoms with van der Waals surface area (Å²) in [6.45, 7) is 2.65. The van der Waals surface area contributed by atoms with Crippen LogP contribution in [0, 0.1) is 0 Å². The Morgan fingerprint density at radius 2 is 2.05 bits per heavy atom. The van der Waals surface area contributed by atoms with Crippen LogP contribution in [0.5, 0.6) is 0 Å². The van der Waals surface area contributed by atoms with Gasteiger partial charge in [0, 0.05) is 30.4 Å². The lowest BCUT2D eigenvalue weighted by Crippen LogP contribution is -2.30. The van der Waals surface area contributed by atoms with Crippen LogP contribution in [-0.4, -0.2) is 39.0 Å². The van der Waals surface area contributed by atoms with E-state index >= 15 is 0 Å². The van der Waals surface area contributed by atoms with E-state index < -0.39 is 29.2 Å². The van der Waals surface area contributed by atoms with Crippen LogP contribution in [0.1, 0.15) is 18.2 Å². The largest absolute Gasteiger partial charge is 0.390 e. The van der Waals surface area contributed by atoms with Crippen LogP contribution in [0.15, 0.2) is 16.3 Å². The van der Waals surface area contributed by atoms with Gasteiger partial charge in [-0.15, -0.1) is 11.3 Å². The van der Waals surface area contributed by atoms with E-state index in [0.717, 1.165) is 22.8 Å². The van der Waals surface area contributed by atoms with Gasteiger partial charge in [-0.25, -0.2) is 12.7 Å². The maximum atomic E-state index is 12.1. The third-order valence-electron chi connectivity index (χ3n) is 2.60. The molecule has 20 heavy (non-hydrogen) atoms. The van der Waals surface area contributed by atoms with Crippen molar-refractivity contribution >= 4 is 21.4 Å². The average Bonchev–Trinajstić information content (AvgIpc) is 2.81. The van der Waals surface area contributed by atoms with Gasteiger partial charge in [-0.2, -0.15) is 13.2 Å². The van der Waals surface area contributed by atoms with Gasteiger partial charge in [0.1, 0.15) is 0 Å². The van der Waals surface area contributed by atoms with Gasteiger partial charge in [0.25, 0.3) is 0 Å². The molecule has 0 atom stereocenters. The van der Waals surface area contributed by atoms with Crippen LogP contribution in [0.4, 0.5) is 13.2 Å². The first-order valence-corrected chi connectivity index (χ1v) is 8.30. The SMILES string of the molecule is CCNCc1cc(S(=O)(=O)N(C)CCC(F)(F)F)cs1. The molecule has 116 valence electrons. The van der Waals surface area contributed by atoms with E-state index in [4.69, 9.17) is 0 Å². The highest BCUT2D eigenvalue weighted by Crippen LogP contribution is 2.24. The van der Waals surface area contributed by atoms with Crippen LogP contribution in [0.25, 0.3) is 0 Å². The number of nitrogens with one attached hydrogen (secondary N) is 1. The Hall–Kier alpha value is -0.640.